The molecule has 2 heterocycles. The van der Waals surface area contributed by atoms with Crippen LogP contribution in [0, 0.1) is 0 Å². The first-order chi connectivity index (χ1) is 11.5. The topological polar surface area (TPSA) is 62.5 Å². The third-order valence-corrected chi connectivity index (χ3v) is 4.90. The molecule has 0 bridgehead atoms. The van der Waals surface area contributed by atoms with Gasteiger partial charge in [0.05, 0.1) is 22.8 Å². The molecule has 0 N–H and O–H groups in total. The summed E-state index contributed by atoms with van der Waals surface area (Å²) < 4.78 is 5.32. The standard InChI is InChI=1S/C17H21ClN4O2/c1-4-15-19-16(24-20-15)11(2)21(3)14-9-10-22(17(14)23)13-8-6-5-7-12(13)18/h5-8,11,14H,4,9-10H2,1-3H3/t11-,14-/m1/s1. The molecule has 2 atom stereocenters. The van der Waals surface area contributed by atoms with Crippen molar-refractivity contribution in [3.8, 4) is 0 Å². The van der Waals surface area contributed by atoms with E-state index in [1.54, 1.807) is 11.0 Å². The third-order valence-electron chi connectivity index (χ3n) is 4.58. The van der Waals surface area contributed by atoms with Crippen LogP contribution in [0.4, 0.5) is 5.69 Å². The second-order valence-corrected chi connectivity index (χ2v) is 6.40. The maximum atomic E-state index is 12.9. The van der Waals surface area contributed by atoms with E-state index >= 15 is 0 Å². The van der Waals surface area contributed by atoms with Gasteiger partial charge in [-0.15, -0.1) is 0 Å². The molecular formula is C17H21ClN4O2. The fourth-order valence-corrected chi connectivity index (χ4v) is 3.22. The molecule has 6 nitrogen and oxygen atoms in total. The van der Waals surface area contributed by atoms with Crippen LogP contribution in [0.5, 0.6) is 0 Å². The molecule has 1 aliphatic heterocycles. The Bertz CT molecular complexity index is 733. The first-order valence-electron chi connectivity index (χ1n) is 8.13. The van der Waals surface area contributed by atoms with Gasteiger partial charge in [0, 0.05) is 13.0 Å². The average Bonchev–Trinajstić information content (AvgIpc) is 3.21. The number of likely N-dealkylation sites (N-methyl/N-ethyl adjacent to an activating group) is 1. The van der Waals surface area contributed by atoms with E-state index in [-0.39, 0.29) is 18.0 Å². The summed E-state index contributed by atoms with van der Waals surface area (Å²) in [5, 5.41) is 4.52. The van der Waals surface area contributed by atoms with Crippen molar-refractivity contribution in [2.24, 2.45) is 0 Å². The second kappa shape index (κ2) is 6.91. The van der Waals surface area contributed by atoms with E-state index in [1.807, 2.05) is 44.0 Å². The lowest BCUT2D eigenvalue weighted by Crippen LogP contribution is -2.41. The van der Waals surface area contributed by atoms with Gasteiger partial charge >= 0.3 is 0 Å². The number of amides is 1. The van der Waals surface area contributed by atoms with E-state index in [9.17, 15) is 4.79 Å². The lowest BCUT2D eigenvalue weighted by molar-refractivity contribution is -0.122. The molecule has 1 fully saturated rings. The summed E-state index contributed by atoms with van der Waals surface area (Å²) >= 11 is 6.23. The maximum absolute atomic E-state index is 12.9. The molecule has 0 aliphatic carbocycles. The van der Waals surface area contributed by atoms with Crippen molar-refractivity contribution in [3.05, 3.63) is 41.0 Å². The number of hydrogen-bond donors (Lipinski definition) is 0. The Labute approximate surface area is 146 Å². The minimum atomic E-state index is -0.228. The van der Waals surface area contributed by atoms with Crippen molar-refractivity contribution >= 4 is 23.2 Å². The highest BCUT2D eigenvalue weighted by atomic mass is 35.5. The number of nitrogens with zero attached hydrogens (tertiary/aromatic N) is 4. The second-order valence-electron chi connectivity index (χ2n) is 5.99. The molecule has 0 unspecified atom stereocenters. The number of aromatic nitrogens is 2. The minimum absolute atomic E-state index is 0.0488. The van der Waals surface area contributed by atoms with Crippen LogP contribution in [-0.2, 0) is 11.2 Å². The molecule has 0 spiro atoms. The average molecular weight is 349 g/mol. The molecule has 0 saturated carbocycles. The van der Waals surface area contributed by atoms with Gasteiger partial charge in [-0.3, -0.25) is 9.69 Å². The summed E-state index contributed by atoms with van der Waals surface area (Å²) in [6.07, 6.45) is 1.46. The molecule has 24 heavy (non-hydrogen) atoms. The zero-order valence-corrected chi connectivity index (χ0v) is 14.8. The summed E-state index contributed by atoms with van der Waals surface area (Å²) in [6, 6.07) is 7.07. The van der Waals surface area contributed by atoms with Crippen molar-refractivity contribution in [2.45, 2.75) is 38.8 Å². The molecule has 2 aromatic rings. The Kier molecular flexibility index (Phi) is 4.87. The van der Waals surface area contributed by atoms with Crippen LogP contribution in [0.3, 0.4) is 0 Å². The van der Waals surface area contributed by atoms with Crippen LogP contribution >= 0.6 is 11.6 Å². The van der Waals surface area contributed by atoms with Gasteiger partial charge in [-0.2, -0.15) is 4.98 Å². The largest absolute Gasteiger partial charge is 0.338 e. The number of carbonyl (C=O) groups is 1. The Morgan fingerprint density at radius 3 is 2.88 bits per heavy atom. The minimum Gasteiger partial charge on any atom is -0.338 e. The van der Waals surface area contributed by atoms with Gasteiger partial charge < -0.3 is 9.42 Å². The lowest BCUT2D eigenvalue weighted by atomic mass is 10.1. The SMILES string of the molecule is CCc1noc([C@@H](C)N(C)[C@@H]2CCN(c3ccccc3Cl)C2=O)n1. The van der Waals surface area contributed by atoms with Gasteiger partial charge in [0.15, 0.2) is 5.82 Å². The molecule has 1 aliphatic rings. The van der Waals surface area contributed by atoms with Crippen LogP contribution < -0.4 is 4.90 Å². The fraction of sp³-hybridized carbons (Fsp3) is 0.471. The molecule has 1 saturated heterocycles. The highest BCUT2D eigenvalue weighted by Gasteiger charge is 2.38. The number of anilines is 1. The number of carbonyl (C=O) groups excluding carboxylic acids is 1. The Balaban J connectivity index is 1.76. The van der Waals surface area contributed by atoms with E-state index < -0.39 is 0 Å². The first kappa shape index (κ1) is 16.9. The van der Waals surface area contributed by atoms with Crippen molar-refractivity contribution in [1.29, 1.82) is 0 Å². The number of benzene rings is 1. The monoisotopic (exact) mass is 348 g/mol. The highest BCUT2D eigenvalue weighted by molar-refractivity contribution is 6.33. The van der Waals surface area contributed by atoms with Gasteiger partial charge in [-0.25, -0.2) is 0 Å². The molecule has 1 aromatic carbocycles. The van der Waals surface area contributed by atoms with Gasteiger partial charge in [0.25, 0.3) is 0 Å². The van der Waals surface area contributed by atoms with E-state index in [2.05, 4.69) is 10.1 Å². The quantitative estimate of drug-likeness (QED) is 0.830. The molecule has 7 heteroatoms. The zero-order chi connectivity index (χ0) is 17.3. The third kappa shape index (κ3) is 3.03. The molecular weight excluding hydrogens is 328 g/mol. The fourth-order valence-electron chi connectivity index (χ4n) is 2.98. The zero-order valence-electron chi connectivity index (χ0n) is 14.1. The Hall–Kier alpha value is -1.92. The Morgan fingerprint density at radius 1 is 1.46 bits per heavy atom. The number of hydrogen-bond acceptors (Lipinski definition) is 5. The van der Waals surface area contributed by atoms with Crippen LogP contribution in [0.2, 0.25) is 5.02 Å². The van der Waals surface area contributed by atoms with Crippen molar-refractivity contribution in [3.63, 3.8) is 0 Å². The van der Waals surface area contributed by atoms with Crippen LogP contribution in [0.15, 0.2) is 28.8 Å². The molecule has 0 radical (unpaired) electrons. The summed E-state index contributed by atoms with van der Waals surface area (Å²) in [6.45, 7) is 4.59. The van der Waals surface area contributed by atoms with E-state index in [4.69, 9.17) is 16.1 Å². The van der Waals surface area contributed by atoms with E-state index in [0.29, 0.717) is 23.3 Å². The number of aryl methyl sites for hydroxylation is 1. The van der Waals surface area contributed by atoms with Crippen molar-refractivity contribution in [2.75, 3.05) is 18.5 Å². The molecule has 128 valence electrons. The number of rotatable bonds is 5. The smallest absolute Gasteiger partial charge is 0.244 e. The normalized spacial score (nSPS) is 19.3. The van der Waals surface area contributed by atoms with Crippen molar-refractivity contribution in [1.82, 2.24) is 15.0 Å². The highest BCUT2D eigenvalue weighted by Crippen LogP contribution is 2.32. The summed E-state index contributed by atoms with van der Waals surface area (Å²) in [4.78, 5) is 21.0. The summed E-state index contributed by atoms with van der Waals surface area (Å²) in [5.74, 6) is 1.27. The summed E-state index contributed by atoms with van der Waals surface area (Å²) in [5.41, 5.74) is 0.763. The lowest BCUT2D eigenvalue weighted by Gasteiger charge is -2.27. The van der Waals surface area contributed by atoms with E-state index in [0.717, 1.165) is 18.5 Å². The molecule has 1 aromatic heterocycles. The van der Waals surface area contributed by atoms with Crippen LogP contribution in [0.25, 0.3) is 0 Å². The maximum Gasteiger partial charge on any atom is 0.244 e. The number of halogens is 1. The van der Waals surface area contributed by atoms with Gasteiger partial charge in [0.2, 0.25) is 11.8 Å². The first-order valence-corrected chi connectivity index (χ1v) is 8.51. The molecule has 3 rings (SSSR count). The van der Waals surface area contributed by atoms with Crippen LogP contribution in [-0.4, -0.2) is 40.6 Å². The van der Waals surface area contributed by atoms with Gasteiger partial charge in [-0.05, 0) is 32.5 Å². The predicted octanol–water partition coefficient (Wildman–Crippen LogP) is 3.08. The van der Waals surface area contributed by atoms with E-state index in [1.165, 1.54) is 0 Å². The number of para-hydroxylation sites is 1. The Morgan fingerprint density at radius 2 is 2.21 bits per heavy atom. The van der Waals surface area contributed by atoms with Gasteiger partial charge in [-0.1, -0.05) is 35.8 Å². The van der Waals surface area contributed by atoms with Crippen LogP contribution in [0.1, 0.15) is 38.0 Å². The van der Waals surface area contributed by atoms with Gasteiger partial charge in [0.1, 0.15) is 0 Å². The van der Waals surface area contributed by atoms with Crippen molar-refractivity contribution < 1.29 is 9.32 Å². The summed E-state index contributed by atoms with van der Waals surface area (Å²) in [7, 11) is 1.92. The predicted molar refractivity (Wildman–Crippen MR) is 92.1 cm³/mol. The molecule has 1 amide bonds.